The number of carbonyl (C=O) groups is 1. The van der Waals surface area contributed by atoms with Gasteiger partial charge in [0.05, 0.1) is 18.5 Å². The normalized spacial score (nSPS) is 10.9. The predicted molar refractivity (Wildman–Crippen MR) is 121 cm³/mol. The summed E-state index contributed by atoms with van der Waals surface area (Å²) in [5.74, 6) is 0.757. The molecule has 158 valence electrons. The minimum atomic E-state index is -0.0391. The zero-order valence-electron chi connectivity index (χ0n) is 17.9. The molecule has 1 heterocycles. The quantitative estimate of drug-likeness (QED) is 0.495. The number of benzene rings is 2. The van der Waals surface area contributed by atoms with E-state index >= 15 is 0 Å². The number of rotatable bonds is 10. The van der Waals surface area contributed by atoms with Gasteiger partial charge in [0, 0.05) is 17.7 Å². The largest absolute Gasteiger partial charge is 0.497 e. The summed E-state index contributed by atoms with van der Waals surface area (Å²) in [4.78, 5) is 14.7. The Bertz CT molecular complexity index is 946. The maximum absolute atomic E-state index is 12.4. The molecular formula is C24H30N4O2. The molecule has 0 bridgehead atoms. The van der Waals surface area contributed by atoms with E-state index in [1.807, 2.05) is 54.6 Å². The fourth-order valence-electron chi connectivity index (χ4n) is 3.35. The summed E-state index contributed by atoms with van der Waals surface area (Å²) in [7, 11) is 1.65. The van der Waals surface area contributed by atoms with Crippen LogP contribution >= 0.6 is 0 Å². The third kappa shape index (κ3) is 5.48. The highest BCUT2D eigenvalue weighted by atomic mass is 16.5. The summed E-state index contributed by atoms with van der Waals surface area (Å²) in [6.45, 7) is 8.08. The molecule has 1 aromatic heterocycles. The van der Waals surface area contributed by atoms with Gasteiger partial charge in [-0.15, -0.1) is 0 Å². The van der Waals surface area contributed by atoms with Crippen LogP contribution in [0.25, 0.3) is 22.5 Å². The van der Waals surface area contributed by atoms with Gasteiger partial charge in [0.2, 0.25) is 0 Å². The monoisotopic (exact) mass is 406 g/mol. The molecule has 0 atom stereocenters. The van der Waals surface area contributed by atoms with E-state index in [4.69, 9.17) is 4.74 Å². The van der Waals surface area contributed by atoms with Crippen LogP contribution in [0.1, 0.15) is 30.6 Å². The second-order valence-corrected chi connectivity index (χ2v) is 7.11. The fraction of sp³-hybridized carbons (Fsp3) is 0.333. The summed E-state index contributed by atoms with van der Waals surface area (Å²) in [6, 6.07) is 17.4. The Labute approximate surface area is 178 Å². The number of amides is 1. The van der Waals surface area contributed by atoms with Gasteiger partial charge in [-0.05, 0) is 62.0 Å². The molecule has 0 unspecified atom stereocenters. The topological polar surface area (TPSA) is 70.2 Å². The van der Waals surface area contributed by atoms with Crippen molar-refractivity contribution >= 4 is 5.91 Å². The Hall–Kier alpha value is -3.12. The summed E-state index contributed by atoms with van der Waals surface area (Å²) in [6.07, 6.45) is 0.951. The van der Waals surface area contributed by atoms with E-state index in [-0.39, 0.29) is 5.91 Å². The summed E-state index contributed by atoms with van der Waals surface area (Å²) in [5, 5.41) is 10.5. The molecule has 2 N–H and O–H groups in total. The minimum absolute atomic E-state index is 0.0391. The molecular weight excluding hydrogens is 376 g/mol. The van der Waals surface area contributed by atoms with Crippen molar-refractivity contribution in [2.75, 3.05) is 33.3 Å². The molecule has 6 heteroatoms. The number of H-pyrrole nitrogens is 1. The Morgan fingerprint density at radius 1 is 1.07 bits per heavy atom. The van der Waals surface area contributed by atoms with Crippen LogP contribution in [-0.4, -0.2) is 54.3 Å². The predicted octanol–water partition coefficient (Wildman–Crippen LogP) is 4.21. The number of aromatic nitrogens is 2. The molecule has 0 aliphatic heterocycles. The fourth-order valence-corrected chi connectivity index (χ4v) is 3.35. The average molecular weight is 407 g/mol. The lowest BCUT2D eigenvalue weighted by atomic mass is 10.1. The maximum Gasteiger partial charge on any atom is 0.251 e. The van der Waals surface area contributed by atoms with Gasteiger partial charge < -0.3 is 15.0 Å². The van der Waals surface area contributed by atoms with Gasteiger partial charge in [0.25, 0.3) is 5.91 Å². The Kier molecular flexibility index (Phi) is 7.63. The van der Waals surface area contributed by atoms with Crippen molar-refractivity contribution in [3.05, 3.63) is 60.2 Å². The van der Waals surface area contributed by atoms with Crippen molar-refractivity contribution < 1.29 is 9.53 Å². The number of ether oxygens (including phenoxy) is 1. The molecule has 0 spiro atoms. The van der Waals surface area contributed by atoms with Crippen LogP contribution in [0.15, 0.2) is 54.6 Å². The van der Waals surface area contributed by atoms with E-state index in [1.54, 1.807) is 7.11 Å². The number of aromatic amines is 1. The third-order valence-corrected chi connectivity index (χ3v) is 5.23. The zero-order valence-corrected chi connectivity index (χ0v) is 17.9. The first kappa shape index (κ1) is 21.6. The van der Waals surface area contributed by atoms with Crippen molar-refractivity contribution in [1.29, 1.82) is 0 Å². The first-order valence-corrected chi connectivity index (χ1v) is 10.5. The second kappa shape index (κ2) is 10.6. The highest BCUT2D eigenvalue weighted by Crippen LogP contribution is 2.26. The number of carbonyl (C=O) groups excluding carboxylic acids is 1. The van der Waals surface area contributed by atoms with Gasteiger partial charge in [-0.3, -0.25) is 9.89 Å². The molecule has 0 radical (unpaired) electrons. The van der Waals surface area contributed by atoms with E-state index in [0.717, 1.165) is 54.3 Å². The van der Waals surface area contributed by atoms with Crippen molar-refractivity contribution in [2.45, 2.75) is 20.3 Å². The van der Waals surface area contributed by atoms with Crippen molar-refractivity contribution in [1.82, 2.24) is 20.4 Å². The highest BCUT2D eigenvalue weighted by Gasteiger charge is 2.09. The molecule has 0 aliphatic rings. The van der Waals surface area contributed by atoms with Gasteiger partial charge >= 0.3 is 0 Å². The molecule has 3 rings (SSSR count). The molecule has 0 saturated carbocycles. The average Bonchev–Trinajstić information content (AvgIpc) is 3.29. The van der Waals surface area contributed by atoms with E-state index in [2.05, 4.69) is 34.3 Å². The number of hydrogen-bond donors (Lipinski definition) is 2. The van der Waals surface area contributed by atoms with Crippen molar-refractivity contribution in [3.63, 3.8) is 0 Å². The minimum Gasteiger partial charge on any atom is -0.497 e. The third-order valence-electron chi connectivity index (χ3n) is 5.23. The lowest BCUT2D eigenvalue weighted by Gasteiger charge is -2.17. The molecule has 6 nitrogen and oxygen atoms in total. The Morgan fingerprint density at radius 2 is 1.83 bits per heavy atom. The number of nitrogens with one attached hydrogen (secondary N) is 2. The van der Waals surface area contributed by atoms with Crippen LogP contribution in [0.2, 0.25) is 0 Å². The maximum atomic E-state index is 12.4. The van der Waals surface area contributed by atoms with E-state index in [9.17, 15) is 4.79 Å². The van der Waals surface area contributed by atoms with Crippen LogP contribution in [0, 0.1) is 0 Å². The lowest BCUT2D eigenvalue weighted by Crippen LogP contribution is -2.29. The molecule has 3 aromatic rings. The Balaban J connectivity index is 1.59. The van der Waals surface area contributed by atoms with Crippen LogP contribution in [0.5, 0.6) is 5.75 Å². The van der Waals surface area contributed by atoms with Gasteiger partial charge in [-0.2, -0.15) is 5.10 Å². The van der Waals surface area contributed by atoms with Crippen molar-refractivity contribution in [2.24, 2.45) is 0 Å². The second-order valence-electron chi connectivity index (χ2n) is 7.11. The molecule has 2 aromatic carbocycles. The lowest BCUT2D eigenvalue weighted by molar-refractivity contribution is 0.0952. The first-order valence-electron chi connectivity index (χ1n) is 10.5. The molecule has 30 heavy (non-hydrogen) atoms. The molecule has 0 fully saturated rings. The molecule has 0 aliphatic carbocycles. The standard InChI is InChI=1S/C24H30N4O2/c1-4-28(5-2)15-7-14-25-24(29)19-12-10-18(11-13-19)22-17-23(27-26-22)20-8-6-9-21(16-20)30-3/h6,8-13,16-17H,4-5,7,14-15H2,1-3H3,(H,25,29)(H,26,27). The van der Waals surface area contributed by atoms with Crippen LogP contribution in [0.4, 0.5) is 0 Å². The van der Waals surface area contributed by atoms with Gasteiger partial charge in [0.1, 0.15) is 5.75 Å². The summed E-state index contributed by atoms with van der Waals surface area (Å²) < 4.78 is 5.28. The van der Waals surface area contributed by atoms with E-state index in [1.165, 1.54) is 0 Å². The SMILES string of the molecule is CCN(CC)CCCNC(=O)c1ccc(-c2cc(-c3cccc(OC)c3)n[nH]2)cc1. The van der Waals surface area contributed by atoms with Gasteiger partial charge in [-0.25, -0.2) is 0 Å². The number of hydrogen-bond acceptors (Lipinski definition) is 4. The van der Waals surface area contributed by atoms with Gasteiger partial charge in [0.15, 0.2) is 0 Å². The smallest absolute Gasteiger partial charge is 0.251 e. The van der Waals surface area contributed by atoms with Gasteiger partial charge in [-0.1, -0.05) is 38.1 Å². The summed E-state index contributed by atoms with van der Waals surface area (Å²) in [5.41, 5.74) is 4.37. The molecule has 0 saturated heterocycles. The van der Waals surface area contributed by atoms with Crippen LogP contribution < -0.4 is 10.1 Å². The number of methoxy groups -OCH3 is 1. The summed E-state index contributed by atoms with van der Waals surface area (Å²) >= 11 is 0. The highest BCUT2D eigenvalue weighted by molar-refractivity contribution is 5.94. The number of nitrogens with zero attached hydrogens (tertiary/aromatic N) is 2. The molecule has 1 amide bonds. The van der Waals surface area contributed by atoms with Crippen LogP contribution in [-0.2, 0) is 0 Å². The first-order chi connectivity index (χ1) is 14.6. The van der Waals surface area contributed by atoms with Crippen LogP contribution in [0.3, 0.4) is 0 Å². The zero-order chi connectivity index (χ0) is 21.3. The Morgan fingerprint density at radius 3 is 2.53 bits per heavy atom. The van der Waals surface area contributed by atoms with Crippen molar-refractivity contribution in [3.8, 4) is 28.3 Å². The van der Waals surface area contributed by atoms with E-state index in [0.29, 0.717) is 12.1 Å². The van der Waals surface area contributed by atoms with E-state index < -0.39 is 0 Å².